The summed E-state index contributed by atoms with van der Waals surface area (Å²) in [6.07, 6.45) is 1.72. The molecule has 0 N–H and O–H groups in total. The number of fused-ring (bicyclic) bond motifs is 1. The number of esters is 1. The van der Waals surface area contributed by atoms with Gasteiger partial charge in [0.25, 0.3) is 5.56 Å². The number of nitrogens with zero attached hydrogens (tertiary/aromatic N) is 2. The van der Waals surface area contributed by atoms with E-state index in [4.69, 9.17) is 14.5 Å². The molecule has 0 fully saturated rings. The molecule has 9 heteroatoms. The first kappa shape index (κ1) is 28.9. The third-order valence-corrected chi connectivity index (χ3v) is 8.06. The zero-order chi connectivity index (χ0) is 30.6. The molecular formula is C35H26F2N2O4S. The van der Waals surface area contributed by atoms with E-state index in [2.05, 4.69) is 0 Å². The summed E-state index contributed by atoms with van der Waals surface area (Å²) in [5.74, 6) is -0.846. The van der Waals surface area contributed by atoms with Gasteiger partial charge in [0.15, 0.2) is 4.80 Å². The molecule has 0 bridgehead atoms. The van der Waals surface area contributed by atoms with Crippen LogP contribution in [0.1, 0.15) is 35.2 Å². The fraction of sp³-hybridized carbons (Fsp3) is 0.114. The van der Waals surface area contributed by atoms with Crippen molar-refractivity contribution >= 4 is 29.1 Å². The predicted octanol–water partition coefficient (Wildman–Crippen LogP) is 5.79. The van der Waals surface area contributed by atoms with Crippen LogP contribution in [0.4, 0.5) is 8.78 Å². The maximum Gasteiger partial charge on any atom is 0.338 e. The normalized spacial score (nSPS) is 14.6. The van der Waals surface area contributed by atoms with Crippen LogP contribution in [0.25, 0.3) is 11.8 Å². The zero-order valence-corrected chi connectivity index (χ0v) is 24.4. The number of aromatic nitrogens is 1. The van der Waals surface area contributed by atoms with Crippen LogP contribution < -0.4 is 19.6 Å². The van der Waals surface area contributed by atoms with Crippen LogP contribution in [-0.4, -0.2) is 17.1 Å². The molecule has 2 heterocycles. The van der Waals surface area contributed by atoms with Gasteiger partial charge < -0.3 is 9.47 Å². The van der Waals surface area contributed by atoms with Gasteiger partial charge in [0, 0.05) is 11.1 Å². The first-order valence-corrected chi connectivity index (χ1v) is 14.7. The second-order valence-corrected chi connectivity index (χ2v) is 10.9. The number of benzene rings is 4. The standard InChI is InChI=1S/C35H26F2N2O4S/c1-2-42-34(41)30-31(23-8-4-3-5-9-23)38-35-39(32(30)24-14-18-27(37)19-15-24)33(40)29(44-35)20-25-10-6-7-11-28(25)43-21-22-12-16-26(36)17-13-22/h3-20,32H,2,21H2,1H3/b29-20-/t32-/m1/s1. The van der Waals surface area contributed by atoms with E-state index in [1.807, 2.05) is 48.5 Å². The zero-order valence-electron chi connectivity index (χ0n) is 23.6. The Balaban J connectivity index is 1.51. The minimum atomic E-state index is -0.909. The molecule has 6 rings (SSSR count). The van der Waals surface area contributed by atoms with Crippen molar-refractivity contribution < 1.29 is 23.0 Å². The summed E-state index contributed by atoms with van der Waals surface area (Å²) in [6.45, 7) is 2.04. The number of para-hydroxylation sites is 1. The summed E-state index contributed by atoms with van der Waals surface area (Å²) in [5.41, 5.74) is 2.87. The van der Waals surface area contributed by atoms with Crippen LogP contribution >= 0.6 is 11.3 Å². The van der Waals surface area contributed by atoms with Gasteiger partial charge in [-0.3, -0.25) is 9.36 Å². The van der Waals surface area contributed by atoms with E-state index in [1.165, 1.54) is 40.2 Å². The Morgan fingerprint density at radius 1 is 0.909 bits per heavy atom. The van der Waals surface area contributed by atoms with Crippen LogP contribution in [-0.2, 0) is 16.1 Å². The van der Waals surface area contributed by atoms with Gasteiger partial charge in [-0.15, -0.1) is 0 Å². The van der Waals surface area contributed by atoms with Crippen molar-refractivity contribution in [2.24, 2.45) is 4.99 Å². The van der Waals surface area contributed by atoms with Crippen LogP contribution in [0, 0.1) is 11.6 Å². The predicted molar refractivity (Wildman–Crippen MR) is 165 cm³/mol. The second-order valence-electron chi connectivity index (χ2n) is 9.94. The molecule has 220 valence electrons. The Morgan fingerprint density at radius 3 is 2.27 bits per heavy atom. The number of thiazole rings is 1. The highest BCUT2D eigenvalue weighted by Crippen LogP contribution is 2.35. The highest BCUT2D eigenvalue weighted by Gasteiger charge is 2.35. The summed E-state index contributed by atoms with van der Waals surface area (Å²) < 4.78 is 40.7. The van der Waals surface area contributed by atoms with Gasteiger partial charge in [0.05, 0.1) is 28.5 Å². The molecule has 4 aromatic carbocycles. The Bertz CT molecular complexity index is 2030. The molecule has 1 aliphatic rings. The Kier molecular flexibility index (Phi) is 8.29. The summed E-state index contributed by atoms with van der Waals surface area (Å²) >= 11 is 1.18. The molecule has 0 saturated heterocycles. The summed E-state index contributed by atoms with van der Waals surface area (Å²) in [4.78, 5) is 32.9. The Hall–Kier alpha value is -5.15. The first-order chi connectivity index (χ1) is 21.4. The third kappa shape index (κ3) is 5.87. The van der Waals surface area contributed by atoms with E-state index in [9.17, 15) is 18.4 Å². The van der Waals surface area contributed by atoms with Crippen molar-refractivity contribution in [3.63, 3.8) is 0 Å². The van der Waals surface area contributed by atoms with Gasteiger partial charge in [-0.05, 0) is 54.5 Å². The molecule has 0 amide bonds. The molecule has 44 heavy (non-hydrogen) atoms. The van der Waals surface area contributed by atoms with Crippen molar-refractivity contribution in [1.29, 1.82) is 0 Å². The SMILES string of the molecule is CCOC(=O)C1=C(c2ccccc2)N=c2s/c(=C\c3ccccc3OCc3ccc(F)cc3)c(=O)n2[C@@H]1c1ccc(F)cc1. The summed E-state index contributed by atoms with van der Waals surface area (Å²) in [5, 5.41) is 0. The lowest BCUT2D eigenvalue weighted by molar-refractivity contribution is -0.138. The van der Waals surface area contributed by atoms with Gasteiger partial charge in [-0.25, -0.2) is 18.6 Å². The first-order valence-electron chi connectivity index (χ1n) is 13.9. The number of carbonyl (C=O) groups excluding carboxylic acids is 1. The second kappa shape index (κ2) is 12.6. The van der Waals surface area contributed by atoms with E-state index in [0.29, 0.717) is 37.5 Å². The van der Waals surface area contributed by atoms with Crippen molar-refractivity contribution in [1.82, 2.24) is 4.57 Å². The number of ether oxygens (including phenoxy) is 2. The van der Waals surface area contributed by atoms with Gasteiger partial charge >= 0.3 is 5.97 Å². The van der Waals surface area contributed by atoms with Crippen molar-refractivity contribution in [2.45, 2.75) is 19.6 Å². The molecule has 0 spiro atoms. The van der Waals surface area contributed by atoms with Gasteiger partial charge in [-0.1, -0.05) is 84.1 Å². The minimum Gasteiger partial charge on any atom is -0.488 e. The molecule has 0 radical (unpaired) electrons. The van der Waals surface area contributed by atoms with E-state index in [0.717, 1.165) is 5.56 Å². The molecule has 1 atom stereocenters. The van der Waals surface area contributed by atoms with Crippen molar-refractivity contribution in [3.05, 3.63) is 162 Å². The topological polar surface area (TPSA) is 69.9 Å². The molecule has 0 aliphatic carbocycles. The summed E-state index contributed by atoms with van der Waals surface area (Å²) in [7, 11) is 0. The molecule has 6 nitrogen and oxygen atoms in total. The van der Waals surface area contributed by atoms with E-state index in [-0.39, 0.29) is 30.2 Å². The van der Waals surface area contributed by atoms with Crippen molar-refractivity contribution in [3.8, 4) is 5.75 Å². The smallest absolute Gasteiger partial charge is 0.338 e. The molecular weight excluding hydrogens is 582 g/mol. The lowest BCUT2D eigenvalue weighted by Gasteiger charge is -2.25. The maximum absolute atomic E-state index is 14.1. The average molecular weight is 609 g/mol. The lowest BCUT2D eigenvalue weighted by Crippen LogP contribution is -2.40. The van der Waals surface area contributed by atoms with E-state index >= 15 is 0 Å². The number of rotatable bonds is 8. The number of hydrogen-bond donors (Lipinski definition) is 0. The molecule has 1 aliphatic heterocycles. The summed E-state index contributed by atoms with van der Waals surface area (Å²) in [6, 6.07) is 27.3. The fourth-order valence-electron chi connectivity index (χ4n) is 5.02. The number of hydrogen-bond acceptors (Lipinski definition) is 6. The maximum atomic E-state index is 14.1. The molecule has 0 unspecified atom stereocenters. The number of halogens is 2. The van der Waals surface area contributed by atoms with E-state index < -0.39 is 17.8 Å². The van der Waals surface area contributed by atoms with Crippen LogP contribution in [0.15, 0.2) is 118 Å². The van der Waals surface area contributed by atoms with Gasteiger partial charge in [-0.2, -0.15) is 0 Å². The van der Waals surface area contributed by atoms with Gasteiger partial charge in [0.2, 0.25) is 0 Å². The van der Waals surface area contributed by atoms with E-state index in [1.54, 1.807) is 43.3 Å². The number of carbonyl (C=O) groups is 1. The van der Waals surface area contributed by atoms with Crippen molar-refractivity contribution in [2.75, 3.05) is 6.61 Å². The Morgan fingerprint density at radius 2 is 1.57 bits per heavy atom. The molecule has 5 aromatic rings. The van der Waals surface area contributed by atoms with Crippen LogP contribution in [0.5, 0.6) is 5.75 Å². The highest BCUT2D eigenvalue weighted by molar-refractivity contribution is 7.07. The largest absolute Gasteiger partial charge is 0.488 e. The minimum absolute atomic E-state index is 0.125. The highest BCUT2D eigenvalue weighted by atomic mass is 32.1. The van der Waals surface area contributed by atoms with Gasteiger partial charge in [0.1, 0.15) is 24.0 Å². The monoisotopic (exact) mass is 608 g/mol. The quantitative estimate of drug-likeness (QED) is 0.209. The molecule has 1 aromatic heterocycles. The lowest BCUT2D eigenvalue weighted by atomic mass is 9.93. The molecule has 0 saturated carbocycles. The van der Waals surface area contributed by atoms with Crippen LogP contribution in [0.3, 0.4) is 0 Å². The third-order valence-electron chi connectivity index (χ3n) is 7.07. The van der Waals surface area contributed by atoms with Crippen LogP contribution in [0.2, 0.25) is 0 Å². The Labute approximate surface area is 255 Å². The average Bonchev–Trinajstić information content (AvgIpc) is 3.35. The fourth-order valence-corrected chi connectivity index (χ4v) is 6.01.